The van der Waals surface area contributed by atoms with Crippen molar-refractivity contribution < 1.29 is 0 Å². The van der Waals surface area contributed by atoms with Gasteiger partial charge in [-0.15, -0.1) is 0 Å². The Morgan fingerprint density at radius 3 is 3.00 bits per heavy atom. The summed E-state index contributed by atoms with van der Waals surface area (Å²) >= 11 is 0. The molecule has 0 bridgehead atoms. The number of para-hydroxylation sites is 1. The monoisotopic (exact) mass is 212 g/mol. The molecule has 0 aliphatic carbocycles. The summed E-state index contributed by atoms with van der Waals surface area (Å²) in [6.45, 7) is 1.10. The topological polar surface area (TPSA) is 24.4 Å². The van der Waals surface area contributed by atoms with Crippen molar-refractivity contribution in [2.24, 2.45) is 4.99 Å². The molecule has 2 aliphatic heterocycles. The Morgan fingerprint density at radius 1 is 1.19 bits per heavy atom. The van der Waals surface area contributed by atoms with Crippen LogP contribution in [0.5, 0.6) is 0 Å². The molecule has 1 saturated heterocycles. The predicted octanol–water partition coefficient (Wildman–Crippen LogP) is 1.13. The second-order valence-corrected chi connectivity index (χ2v) is 4.57. The van der Waals surface area contributed by atoms with Gasteiger partial charge in [0.05, 0.1) is 10.9 Å². The van der Waals surface area contributed by atoms with Gasteiger partial charge < -0.3 is 5.32 Å². The third-order valence-corrected chi connectivity index (χ3v) is 3.41. The van der Waals surface area contributed by atoms with Crippen LogP contribution >= 0.6 is 0 Å². The highest BCUT2D eigenvalue weighted by Gasteiger charge is 2.26. The van der Waals surface area contributed by atoms with Crippen LogP contribution in [0.15, 0.2) is 41.5 Å². The second kappa shape index (κ2) is 3.87. The van der Waals surface area contributed by atoms with Crippen LogP contribution in [0.2, 0.25) is 0 Å². The first-order chi connectivity index (χ1) is 7.88. The molecule has 16 heavy (non-hydrogen) atoms. The van der Waals surface area contributed by atoms with Crippen molar-refractivity contribution in [3.05, 3.63) is 47.1 Å². The minimum atomic E-state index is 0.0361. The normalized spacial score (nSPS) is 27.8. The number of fused-ring (bicyclic) bond motifs is 1. The zero-order chi connectivity index (χ0) is 10.8. The van der Waals surface area contributed by atoms with E-state index in [1.54, 1.807) is 0 Å². The minimum absolute atomic E-state index is 0.0361. The first kappa shape index (κ1) is 9.79. The molecule has 2 nitrogen and oxygen atoms in total. The van der Waals surface area contributed by atoms with E-state index in [4.69, 9.17) is 0 Å². The number of hydrogen-bond donors (Lipinski definition) is 1. The Bertz CT molecular complexity index is 522. The molecule has 1 atom stereocenters. The summed E-state index contributed by atoms with van der Waals surface area (Å²) in [5.41, 5.74) is 0.0361. The maximum Gasteiger partial charge on any atom is 0.0699 e. The van der Waals surface area contributed by atoms with E-state index in [-0.39, 0.29) is 5.54 Å². The molecular formula is C14H16N2. The average Bonchev–Trinajstić information content (AvgIpc) is 2.49. The van der Waals surface area contributed by atoms with Gasteiger partial charge in [0.15, 0.2) is 0 Å². The van der Waals surface area contributed by atoms with Crippen LogP contribution in [0.3, 0.4) is 0 Å². The molecule has 0 aromatic heterocycles. The Labute approximate surface area is 95.4 Å². The van der Waals surface area contributed by atoms with Crippen LogP contribution in [-0.2, 0) is 0 Å². The molecule has 1 aromatic rings. The zero-order valence-electron chi connectivity index (χ0n) is 9.32. The van der Waals surface area contributed by atoms with Gasteiger partial charge >= 0.3 is 0 Å². The number of rotatable bonds is 0. The minimum Gasteiger partial charge on any atom is -0.305 e. The van der Waals surface area contributed by atoms with Gasteiger partial charge in [-0.25, -0.2) is 0 Å². The number of benzene rings is 1. The van der Waals surface area contributed by atoms with Crippen LogP contribution in [0.1, 0.15) is 19.3 Å². The van der Waals surface area contributed by atoms with Crippen LogP contribution < -0.4 is 15.9 Å². The maximum atomic E-state index is 4.48. The molecule has 1 fully saturated rings. The van der Waals surface area contributed by atoms with E-state index in [0.29, 0.717) is 0 Å². The van der Waals surface area contributed by atoms with E-state index < -0.39 is 0 Å². The van der Waals surface area contributed by atoms with Crippen molar-refractivity contribution in [2.45, 2.75) is 24.8 Å². The molecule has 1 spiro atoms. The maximum absolute atomic E-state index is 4.48. The van der Waals surface area contributed by atoms with Crippen LogP contribution in [0.25, 0.3) is 6.08 Å². The zero-order valence-corrected chi connectivity index (χ0v) is 9.32. The largest absolute Gasteiger partial charge is 0.305 e. The molecular weight excluding hydrogens is 196 g/mol. The number of piperidine rings is 1. The average molecular weight is 212 g/mol. The Hall–Kier alpha value is -1.41. The standard InChI is InChI=1S/C14H16N2/c1-2-6-13-12(5-1)11-14(8-10-15-13)7-3-4-9-16-14/h1-2,5-6,8,10-11,16H,3-4,7,9H2. The predicted molar refractivity (Wildman–Crippen MR) is 65.4 cm³/mol. The van der Waals surface area contributed by atoms with Gasteiger partial charge in [-0.3, -0.25) is 4.99 Å². The van der Waals surface area contributed by atoms with E-state index in [1.165, 1.54) is 24.5 Å². The molecule has 1 aromatic carbocycles. The molecule has 82 valence electrons. The Balaban J connectivity index is 2.15. The highest BCUT2D eigenvalue weighted by atomic mass is 15.0. The van der Waals surface area contributed by atoms with Gasteiger partial charge in [-0.05, 0) is 43.2 Å². The lowest BCUT2D eigenvalue weighted by atomic mass is 9.88. The van der Waals surface area contributed by atoms with Crippen molar-refractivity contribution in [1.29, 1.82) is 0 Å². The number of nitrogens with one attached hydrogen (secondary N) is 1. The molecule has 1 unspecified atom stereocenters. The summed E-state index contributed by atoms with van der Waals surface area (Å²) < 4.78 is 0. The summed E-state index contributed by atoms with van der Waals surface area (Å²) in [7, 11) is 0. The lowest BCUT2D eigenvalue weighted by Gasteiger charge is -2.32. The van der Waals surface area contributed by atoms with Gasteiger partial charge in [0.1, 0.15) is 0 Å². The fraction of sp³-hybridized carbons (Fsp3) is 0.357. The van der Waals surface area contributed by atoms with Gasteiger partial charge in [-0.1, -0.05) is 24.3 Å². The number of hydrogen-bond acceptors (Lipinski definition) is 2. The van der Waals surface area contributed by atoms with Crippen LogP contribution in [0, 0.1) is 0 Å². The lowest BCUT2D eigenvalue weighted by molar-refractivity contribution is 0.393. The third kappa shape index (κ3) is 1.69. The fourth-order valence-corrected chi connectivity index (χ4v) is 2.52. The molecule has 2 aliphatic rings. The van der Waals surface area contributed by atoms with E-state index in [2.05, 4.69) is 40.7 Å². The molecule has 3 rings (SSSR count). The molecule has 0 amide bonds. The second-order valence-electron chi connectivity index (χ2n) is 4.57. The van der Waals surface area contributed by atoms with E-state index in [9.17, 15) is 0 Å². The van der Waals surface area contributed by atoms with Crippen molar-refractivity contribution in [3.63, 3.8) is 0 Å². The first-order valence-corrected chi connectivity index (χ1v) is 5.97. The number of nitrogens with zero attached hydrogens (tertiary/aromatic N) is 1. The highest BCUT2D eigenvalue weighted by Crippen LogP contribution is 2.22. The summed E-state index contributed by atoms with van der Waals surface area (Å²) in [5.74, 6) is 0. The smallest absolute Gasteiger partial charge is 0.0699 e. The quantitative estimate of drug-likeness (QED) is 0.685. The van der Waals surface area contributed by atoms with Gasteiger partial charge in [0.2, 0.25) is 0 Å². The van der Waals surface area contributed by atoms with Gasteiger partial charge in [0.25, 0.3) is 0 Å². The van der Waals surface area contributed by atoms with Crippen molar-refractivity contribution in [3.8, 4) is 0 Å². The molecule has 2 heteroatoms. The summed E-state index contributed by atoms with van der Waals surface area (Å²) in [5, 5.41) is 5.92. The SMILES string of the molecule is C1=CC2(C=c3ccccc3=N1)CCCCN2. The van der Waals surface area contributed by atoms with Crippen LogP contribution in [-0.4, -0.2) is 12.1 Å². The molecule has 1 N–H and O–H groups in total. The molecule has 0 radical (unpaired) electrons. The lowest BCUT2D eigenvalue weighted by Crippen LogP contribution is -2.46. The highest BCUT2D eigenvalue weighted by molar-refractivity contribution is 5.44. The van der Waals surface area contributed by atoms with E-state index >= 15 is 0 Å². The Kier molecular flexibility index (Phi) is 2.37. The molecule has 0 saturated carbocycles. The third-order valence-electron chi connectivity index (χ3n) is 3.41. The molecule has 2 heterocycles. The summed E-state index contributed by atoms with van der Waals surface area (Å²) in [6, 6.07) is 8.32. The first-order valence-electron chi connectivity index (χ1n) is 5.97. The van der Waals surface area contributed by atoms with Crippen molar-refractivity contribution >= 4 is 6.08 Å². The van der Waals surface area contributed by atoms with Gasteiger partial charge in [0, 0.05) is 6.20 Å². The van der Waals surface area contributed by atoms with Crippen LogP contribution in [0.4, 0.5) is 0 Å². The van der Waals surface area contributed by atoms with E-state index in [0.717, 1.165) is 11.9 Å². The van der Waals surface area contributed by atoms with Gasteiger partial charge in [-0.2, -0.15) is 0 Å². The summed E-state index contributed by atoms with van der Waals surface area (Å²) in [6.07, 6.45) is 10.2. The van der Waals surface area contributed by atoms with Crippen molar-refractivity contribution in [1.82, 2.24) is 5.32 Å². The Morgan fingerprint density at radius 2 is 2.12 bits per heavy atom. The van der Waals surface area contributed by atoms with E-state index in [1.807, 2.05) is 12.3 Å². The fourth-order valence-electron chi connectivity index (χ4n) is 2.52. The summed E-state index contributed by atoms with van der Waals surface area (Å²) in [4.78, 5) is 4.48. The van der Waals surface area contributed by atoms with Crippen molar-refractivity contribution in [2.75, 3.05) is 6.54 Å².